The van der Waals surface area contributed by atoms with Gasteiger partial charge in [0.15, 0.2) is 0 Å². The lowest BCUT2D eigenvalue weighted by atomic mass is 9.85. The summed E-state index contributed by atoms with van der Waals surface area (Å²) in [5, 5.41) is 8.63. The van der Waals surface area contributed by atoms with E-state index in [1.807, 2.05) is 0 Å². The normalized spacial score (nSPS) is 35.7. The van der Waals surface area contributed by atoms with Crippen molar-refractivity contribution in [3.8, 4) is 0 Å². The van der Waals surface area contributed by atoms with E-state index < -0.39 is 10.0 Å². The molecule has 0 saturated carbocycles. The van der Waals surface area contributed by atoms with Crippen molar-refractivity contribution < 1.29 is 13.5 Å². The second-order valence-corrected chi connectivity index (χ2v) is 6.28. The summed E-state index contributed by atoms with van der Waals surface area (Å²) in [6.07, 6.45) is 2.18. The fraction of sp³-hybridized carbons (Fsp3) is 1.00. The van der Waals surface area contributed by atoms with Gasteiger partial charge in [0.1, 0.15) is 0 Å². The molecule has 15 heavy (non-hydrogen) atoms. The molecule has 3 fully saturated rings. The Morgan fingerprint density at radius 2 is 2.00 bits per heavy atom. The number of sulfonamides is 1. The van der Waals surface area contributed by atoms with E-state index in [9.17, 15) is 8.42 Å². The van der Waals surface area contributed by atoms with Gasteiger partial charge in [0, 0.05) is 12.6 Å². The zero-order valence-corrected chi connectivity index (χ0v) is 9.54. The van der Waals surface area contributed by atoms with Crippen LogP contribution in [0.25, 0.3) is 0 Å². The molecule has 0 aromatic carbocycles. The van der Waals surface area contributed by atoms with Gasteiger partial charge in [-0.3, -0.25) is 0 Å². The highest BCUT2D eigenvalue weighted by atomic mass is 32.2. The zero-order valence-electron chi connectivity index (χ0n) is 8.72. The predicted octanol–water partition coefficient (Wildman–Crippen LogP) is -1.01. The van der Waals surface area contributed by atoms with Crippen LogP contribution < -0.4 is 4.72 Å². The number of fused-ring (bicyclic) bond motifs is 3. The van der Waals surface area contributed by atoms with Gasteiger partial charge in [-0.2, -0.15) is 0 Å². The van der Waals surface area contributed by atoms with E-state index in [2.05, 4.69) is 9.62 Å². The molecule has 3 saturated heterocycles. The molecule has 0 aromatic rings. The molecule has 0 aromatic heterocycles. The Labute approximate surface area is 90.5 Å². The molecule has 1 atom stereocenters. The van der Waals surface area contributed by atoms with E-state index >= 15 is 0 Å². The lowest BCUT2D eigenvalue weighted by Crippen LogP contribution is -2.57. The Morgan fingerprint density at radius 1 is 1.33 bits per heavy atom. The Kier molecular flexibility index (Phi) is 3.30. The first kappa shape index (κ1) is 11.3. The standard InChI is InChI=1S/C9H18N2O3S/c12-5-6-15(13,14)10-9-7-11-3-1-8(9)2-4-11/h8-10,12H,1-7H2. The highest BCUT2D eigenvalue weighted by Crippen LogP contribution is 2.27. The largest absolute Gasteiger partial charge is 0.395 e. The molecule has 1 unspecified atom stereocenters. The third-order valence-electron chi connectivity index (χ3n) is 3.35. The maximum Gasteiger partial charge on any atom is 0.214 e. The molecule has 5 nitrogen and oxygen atoms in total. The summed E-state index contributed by atoms with van der Waals surface area (Å²) in [6, 6.07) is 0.0593. The van der Waals surface area contributed by atoms with E-state index in [4.69, 9.17) is 5.11 Å². The topological polar surface area (TPSA) is 69.6 Å². The lowest BCUT2D eigenvalue weighted by molar-refractivity contribution is 0.0826. The van der Waals surface area contributed by atoms with Crippen molar-refractivity contribution in [2.75, 3.05) is 32.0 Å². The highest BCUT2D eigenvalue weighted by Gasteiger charge is 2.35. The SMILES string of the molecule is O=S(=O)(CCO)NC1CN2CCC1CC2. The summed E-state index contributed by atoms with van der Waals surface area (Å²) < 4.78 is 25.7. The van der Waals surface area contributed by atoms with Gasteiger partial charge in [-0.05, 0) is 31.8 Å². The molecular weight excluding hydrogens is 216 g/mol. The van der Waals surface area contributed by atoms with Crippen LogP contribution in [-0.4, -0.2) is 56.5 Å². The molecule has 6 heteroatoms. The summed E-state index contributed by atoms with van der Waals surface area (Å²) in [5.74, 6) is 0.305. The average Bonchev–Trinajstić information content (AvgIpc) is 2.18. The number of nitrogens with one attached hydrogen (secondary N) is 1. The summed E-state index contributed by atoms with van der Waals surface area (Å²) in [6.45, 7) is 2.72. The number of rotatable bonds is 4. The third kappa shape index (κ3) is 2.69. The van der Waals surface area contributed by atoms with Crippen molar-refractivity contribution in [3.63, 3.8) is 0 Å². The Balaban J connectivity index is 1.95. The second kappa shape index (κ2) is 4.37. The van der Waals surface area contributed by atoms with Crippen LogP contribution in [0, 0.1) is 5.92 Å². The van der Waals surface area contributed by atoms with Crippen LogP contribution in [0.4, 0.5) is 0 Å². The molecule has 0 amide bonds. The number of nitrogens with zero attached hydrogens (tertiary/aromatic N) is 1. The maximum atomic E-state index is 11.5. The van der Waals surface area contributed by atoms with Gasteiger partial charge in [-0.1, -0.05) is 0 Å². The predicted molar refractivity (Wildman–Crippen MR) is 57.0 cm³/mol. The van der Waals surface area contributed by atoms with Crippen molar-refractivity contribution in [2.45, 2.75) is 18.9 Å². The first-order valence-corrected chi connectivity index (χ1v) is 7.09. The number of aliphatic hydroxyl groups is 1. The van der Waals surface area contributed by atoms with E-state index in [1.165, 1.54) is 0 Å². The van der Waals surface area contributed by atoms with Gasteiger partial charge in [0.05, 0.1) is 12.4 Å². The van der Waals surface area contributed by atoms with Crippen LogP contribution in [0.2, 0.25) is 0 Å². The number of hydrogen-bond acceptors (Lipinski definition) is 4. The molecule has 3 rings (SSSR count). The fourth-order valence-corrected chi connectivity index (χ4v) is 3.59. The van der Waals surface area contributed by atoms with Crippen molar-refractivity contribution >= 4 is 10.0 Å². The molecule has 2 N–H and O–H groups in total. The van der Waals surface area contributed by atoms with Crippen LogP contribution in [0.15, 0.2) is 0 Å². The molecule has 88 valence electrons. The monoisotopic (exact) mass is 234 g/mol. The van der Waals surface area contributed by atoms with Gasteiger partial charge in [-0.15, -0.1) is 0 Å². The zero-order chi connectivity index (χ0) is 10.9. The van der Waals surface area contributed by atoms with Crippen molar-refractivity contribution in [3.05, 3.63) is 0 Å². The Hall–Kier alpha value is -0.170. The van der Waals surface area contributed by atoms with Crippen LogP contribution in [0.1, 0.15) is 12.8 Å². The molecule has 0 spiro atoms. The molecule has 3 aliphatic heterocycles. The van der Waals surface area contributed by atoms with E-state index in [-0.39, 0.29) is 18.4 Å². The number of aliphatic hydroxyl groups excluding tert-OH is 1. The minimum absolute atomic E-state index is 0.0593. The quantitative estimate of drug-likeness (QED) is 0.654. The maximum absolute atomic E-state index is 11.5. The Bertz CT molecular complexity index is 309. The molecule has 2 bridgehead atoms. The summed E-state index contributed by atoms with van der Waals surface area (Å²) in [5.41, 5.74) is 0. The van der Waals surface area contributed by atoms with Crippen molar-refractivity contribution in [1.82, 2.24) is 9.62 Å². The molecule has 3 aliphatic rings. The van der Waals surface area contributed by atoms with Crippen LogP contribution >= 0.6 is 0 Å². The average molecular weight is 234 g/mol. The fourth-order valence-electron chi connectivity index (χ4n) is 2.51. The van der Waals surface area contributed by atoms with Gasteiger partial charge in [0.2, 0.25) is 10.0 Å². The minimum atomic E-state index is -3.28. The summed E-state index contributed by atoms with van der Waals surface area (Å²) in [7, 11) is -3.28. The van der Waals surface area contributed by atoms with Crippen LogP contribution in [0.5, 0.6) is 0 Å². The van der Waals surface area contributed by atoms with E-state index in [0.29, 0.717) is 5.92 Å². The molecule has 0 radical (unpaired) electrons. The van der Waals surface area contributed by atoms with Gasteiger partial charge < -0.3 is 10.0 Å². The third-order valence-corrected chi connectivity index (χ3v) is 4.73. The number of hydrogen-bond donors (Lipinski definition) is 2. The Morgan fingerprint density at radius 3 is 2.47 bits per heavy atom. The van der Waals surface area contributed by atoms with Crippen LogP contribution in [0.3, 0.4) is 0 Å². The summed E-state index contributed by atoms with van der Waals surface area (Å²) >= 11 is 0. The molecule has 0 aliphatic carbocycles. The number of piperidine rings is 3. The second-order valence-electron chi connectivity index (χ2n) is 4.40. The van der Waals surface area contributed by atoms with E-state index in [0.717, 1.165) is 32.5 Å². The van der Waals surface area contributed by atoms with Crippen molar-refractivity contribution in [2.24, 2.45) is 5.92 Å². The molecular formula is C9H18N2O3S. The summed E-state index contributed by atoms with van der Waals surface area (Å²) in [4.78, 5) is 2.30. The lowest BCUT2D eigenvalue weighted by Gasteiger charge is -2.44. The first-order valence-electron chi connectivity index (χ1n) is 5.44. The smallest absolute Gasteiger partial charge is 0.214 e. The van der Waals surface area contributed by atoms with Gasteiger partial charge in [0.25, 0.3) is 0 Å². The molecule has 3 heterocycles. The van der Waals surface area contributed by atoms with Gasteiger partial charge >= 0.3 is 0 Å². The van der Waals surface area contributed by atoms with Gasteiger partial charge in [-0.25, -0.2) is 13.1 Å². The van der Waals surface area contributed by atoms with Crippen LogP contribution in [-0.2, 0) is 10.0 Å². The van der Waals surface area contributed by atoms with Crippen molar-refractivity contribution in [1.29, 1.82) is 0 Å². The highest BCUT2D eigenvalue weighted by molar-refractivity contribution is 7.89. The minimum Gasteiger partial charge on any atom is -0.395 e. The van der Waals surface area contributed by atoms with E-state index in [1.54, 1.807) is 0 Å². The first-order chi connectivity index (χ1) is 7.11.